The van der Waals surface area contributed by atoms with Gasteiger partial charge < -0.3 is 10.6 Å². The first-order valence-corrected chi connectivity index (χ1v) is 9.49. The number of nitrogens with zero attached hydrogens (tertiary/aromatic N) is 1. The third kappa shape index (κ3) is 5.65. The average Bonchev–Trinajstić information content (AvgIpc) is 2.76. The van der Waals surface area contributed by atoms with E-state index in [2.05, 4.69) is 10.6 Å². The van der Waals surface area contributed by atoms with Gasteiger partial charge in [-0.25, -0.2) is 0 Å². The molecule has 0 unspecified atom stereocenters. The number of carbonyl (C=O) groups is 1. The van der Waals surface area contributed by atoms with E-state index in [4.69, 9.17) is 0 Å². The molecule has 0 atom stereocenters. The fourth-order valence-electron chi connectivity index (χ4n) is 3.24. The molecule has 0 fully saturated rings. The van der Waals surface area contributed by atoms with Crippen molar-refractivity contribution in [3.8, 4) is 0 Å². The molecule has 0 radical (unpaired) electrons. The van der Waals surface area contributed by atoms with Crippen molar-refractivity contribution in [1.29, 1.82) is 0 Å². The van der Waals surface area contributed by atoms with Gasteiger partial charge in [-0.05, 0) is 17.2 Å². The lowest BCUT2D eigenvalue weighted by Gasteiger charge is -2.18. The van der Waals surface area contributed by atoms with Crippen LogP contribution in [0, 0.1) is 10.1 Å². The predicted molar refractivity (Wildman–Crippen MR) is 114 cm³/mol. The Hall–Kier alpha value is -3.67. The van der Waals surface area contributed by atoms with Gasteiger partial charge in [-0.15, -0.1) is 0 Å². The number of benzene rings is 3. The molecule has 1 amide bonds. The van der Waals surface area contributed by atoms with Gasteiger partial charge in [0.05, 0.1) is 4.92 Å². The summed E-state index contributed by atoms with van der Waals surface area (Å²) >= 11 is 0. The fraction of sp³-hybridized carbons (Fsp3) is 0.174. The summed E-state index contributed by atoms with van der Waals surface area (Å²) in [6.45, 7) is 0.777. The van der Waals surface area contributed by atoms with Crippen LogP contribution in [0.15, 0.2) is 84.9 Å². The summed E-state index contributed by atoms with van der Waals surface area (Å²) < 4.78 is 0. The Balaban J connectivity index is 1.57. The molecule has 0 bridgehead atoms. The van der Waals surface area contributed by atoms with Gasteiger partial charge in [0, 0.05) is 31.5 Å². The summed E-state index contributed by atoms with van der Waals surface area (Å²) in [5, 5.41) is 17.0. The lowest BCUT2D eigenvalue weighted by atomic mass is 9.88. The molecular weight excluding hydrogens is 366 g/mol. The zero-order valence-electron chi connectivity index (χ0n) is 16.0. The molecule has 6 nitrogen and oxygen atoms in total. The average molecular weight is 389 g/mol. The number of amides is 1. The molecule has 0 aliphatic heterocycles. The number of carbonyl (C=O) groups excluding carboxylic acids is 1. The van der Waals surface area contributed by atoms with Crippen LogP contribution in [0.5, 0.6) is 0 Å². The van der Waals surface area contributed by atoms with Gasteiger partial charge in [-0.2, -0.15) is 0 Å². The highest BCUT2D eigenvalue weighted by atomic mass is 16.6. The Morgan fingerprint density at radius 1 is 0.828 bits per heavy atom. The SMILES string of the molecule is O=C(CC(c1ccccc1)c1ccccc1)NCCNc1ccccc1[N+](=O)[O-]. The van der Waals surface area contributed by atoms with Gasteiger partial charge >= 0.3 is 0 Å². The van der Waals surface area contributed by atoms with Gasteiger partial charge in [-0.3, -0.25) is 14.9 Å². The second-order valence-electron chi connectivity index (χ2n) is 6.63. The summed E-state index contributed by atoms with van der Waals surface area (Å²) in [5.74, 6) is -0.0902. The Morgan fingerprint density at radius 2 is 1.38 bits per heavy atom. The highest BCUT2D eigenvalue weighted by Crippen LogP contribution is 2.27. The first-order chi connectivity index (χ1) is 14.1. The molecule has 6 heteroatoms. The normalized spacial score (nSPS) is 10.5. The molecule has 0 saturated heterocycles. The monoisotopic (exact) mass is 389 g/mol. The largest absolute Gasteiger partial charge is 0.378 e. The zero-order valence-corrected chi connectivity index (χ0v) is 16.0. The van der Waals surface area contributed by atoms with Crippen molar-refractivity contribution < 1.29 is 9.72 Å². The number of hydrogen-bond acceptors (Lipinski definition) is 4. The van der Waals surface area contributed by atoms with Crippen LogP contribution in [0.25, 0.3) is 0 Å². The van der Waals surface area contributed by atoms with Crippen LogP contribution in [0.1, 0.15) is 23.5 Å². The minimum atomic E-state index is -0.425. The van der Waals surface area contributed by atoms with E-state index >= 15 is 0 Å². The highest BCUT2D eigenvalue weighted by molar-refractivity contribution is 5.77. The van der Waals surface area contributed by atoms with Crippen molar-refractivity contribution in [1.82, 2.24) is 5.32 Å². The van der Waals surface area contributed by atoms with Crippen molar-refractivity contribution in [3.05, 3.63) is 106 Å². The van der Waals surface area contributed by atoms with Gasteiger partial charge in [-0.1, -0.05) is 72.8 Å². The smallest absolute Gasteiger partial charge is 0.292 e. The molecule has 0 heterocycles. The summed E-state index contributed by atoms with van der Waals surface area (Å²) in [7, 11) is 0. The minimum Gasteiger partial charge on any atom is -0.378 e. The van der Waals surface area contributed by atoms with Gasteiger partial charge in [0.15, 0.2) is 0 Å². The Kier molecular flexibility index (Phi) is 6.95. The van der Waals surface area contributed by atoms with Crippen LogP contribution < -0.4 is 10.6 Å². The number of nitro benzene ring substituents is 1. The van der Waals surface area contributed by atoms with Gasteiger partial charge in [0.25, 0.3) is 5.69 Å². The van der Waals surface area contributed by atoms with E-state index in [1.165, 1.54) is 6.07 Å². The maximum absolute atomic E-state index is 12.5. The summed E-state index contributed by atoms with van der Waals surface area (Å²) in [5.41, 5.74) is 2.64. The second-order valence-corrected chi connectivity index (χ2v) is 6.63. The number of rotatable bonds is 9. The van der Waals surface area contributed by atoms with Crippen molar-refractivity contribution in [2.24, 2.45) is 0 Å². The summed E-state index contributed by atoms with van der Waals surface area (Å²) in [6, 6.07) is 26.4. The Bertz CT molecular complexity index is 906. The third-order valence-corrected chi connectivity index (χ3v) is 4.66. The molecule has 0 aliphatic rings. The van der Waals surface area contributed by atoms with Crippen LogP contribution in [-0.4, -0.2) is 23.9 Å². The molecule has 2 N–H and O–H groups in total. The van der Waals surface area contributed by atoms with E-state index in [0.717, 1.165) is 11.1 Å². The second kappa shape index (κ2) is 10.0. The maximum atomic E-state index is 12.5. The maximum Gasteiger partial charge on any atom is 0.292 e. The van der Waals surface area contributed by atoms with Crippen molar-refractivity contribution in [2.75, 3.05) is 18.4 Å². The van der Waals surface area contributed by atoms with Crippen LogP contribution in [-0.2, 0) is 4.79 Å². The summed E-state index contributed by atoms with van der Waals surface area (Å²) in [4.78, 5) is 23.2. The summed E-state index contributed by atoms with van der Waals surface area (Å²) in [6.07, 6.45) is 0.333. The van der Waals surface area contributed by atoms with Gasteiger partial charge in [0.1, 0.15) is 5.69 Å². The van der Waals surface area contributed by atoms with E-state index in [1.807, 2.05) is 60.7 Å². The van der Waals surface area contributed by atoms with E-state index in [1.54, 1.807) is 18.2 Å². The van der Waals surface area contributed by atoms with Crippen molar-refractivity contribution in [3.63, 3.8) is 0 Å². The lowest BCUT2D eigenvalue weighted by molar-refractivity contribution is -0.384. The van der Waals surface area contributed by atoms with E-state index in [-0.39, 0.29) is 17.5 Å². The van der Waals surface area contributed by atoms with Crippen LogP contribution in [0.3, 0.4) is 0 Å². The first-order valence-electron chi connectivity index (χ1n) is 9.49. The highest BCUT2D eigenvalue weighted by Gasteiger charge is 2.18. The number of anilines is 1. The van der Waals surface area contributed by atoms with E-state index in [0.29, 0.717) is 25.2 Å². The first kappa shape index (κ1) is 20.1. The quantitative estimate of drug-likeness (QED) is 0.324. The predicted octanol–water partition coefficient (Wildman–Crippen LogP) is 4.35. The fourth-order valence-corrected chi connectivity index (χ4v) is 3.24. The Morgan fingerprint density at radius 3 is 1.97 bits per heavy atom. The standard InChI is InChI=1S/C23H23N3O3/c27-23(25-16-15-24-21-13-7-8-14-22(21)26(28)29)17-20(18-9-3-1-4-10-18)19-11-5-2-6-12-19/h1-14,20,24H,15-17H2,(H,25,27). The number of nitrogens with one attached hydrogen (secondary N) is 2. The van der Waals surface area contributed by atoms with Crippen molar-refractivity contribution >= 4 is 17.3 Å². The van der Waals surface area contributed by atoms with Gasteiger partial charge in [0.2, 0.25) is 5.91 Å². The Labute approximate surface area is 169 Å². The van der Waals surface area contributed by atoms with E-state index < -0.39 is 4.92 Å². The molecule has 29 heavy (non-hydrogen) atoms. The topological polar surface area (TPSA) is 84.3 Å². The zero-order chi connectivity index (χ0) is 20.5. The molecule has 0 spiro atoms. The molecule has 0 saturated carbocycles. The number of nitro groups is 1. The molecule has 3 aromatic carbocycles. The van der Waals surface area contributed by atoms with E-state index in [9.17, 15) is 14.9 Å². The molecule has 148 valence electrons. The third-order valence-electron chi connectivity index (χ3n) is 4.66. The molecular formula is C23H23N3O3. The van der Waals surface area contributed by atoms with Crippen LogP contribution in [0.4, 0.5) is 11.4 Å². The molecule has 3 rings (SSSR count). The minimum absolute atomic E-state index is 0.0204. The molecule has 3 aromatic rings. The molecule has 0 aliphatic carbocycles. The van der Waals surface area contributed by atoms with Crippen LogP contribution in [0.2, 0.25) is 0 Å². The lowest BCUT2D eigenvalue weighted by Crippen LogP contribution is -2.30. The number of para-hydroxylation sites is 2. The van der Waals surface area contributed by atoms with Crippen LogP contribution >= 0.6 is 0 Å². The number of hydrogen-bond donors (Lipinski definition) is 2. The molecule has 0 aromatic heterocycles. The van der Waals surface area contributed by atoms with Crippen molar-refractivity contribution in [2.45, 2.75) is 12.3 Å².